The first-order valence-electron chi connectivity index (χ1n) is 7.98. The van der Waals surface area contributed by atoms with Gasteiger partial charge >= 0.3 is 0 Å². The van der Waals surface area contributed by atoms with E-state index in [0.29, 0.717) is 12.1 Å². The third kappa shape index (κ3) is 4.97. The maximum atomic E-state index is 5.75. The van der Waals surface area contributed by atoms with Gasteiger partial charge in [-0.1, -0.05) is 35.8 Å². The van der Waals surface area contributed by atoms with E-state index in [2.05, 4.69) is 65.1 Å². The van der Waals surface area contributed by atoms with E-state index < -0.39 is 0 Å². The van der Waals surface area contributed by atoms with Crippen molar-refractivity contribution in [3.05, 3.63) is 28.2 Å². The normalized spacial score (nSPS) is 16.7. The smallest absolute Gasteiger partial charge is 0.0608 e. The zero-order valence-electron chi connectivity index (χ0n) is 13.4. The number of nitrogens with zero attached hydrogens (tertiary/aromatic N) is 1. The Hall–Kier alpha value is -0.580. The number of hydrogen-bond acceptors (Lipinski definition) is 3. The summed E-state index contributed by atoms with van der Waals surface area (Å²) in [5.74, 6) is 0. The quantitative estimate of drug-likeness (QED) is 0.836. The highest BCUT2D eigenvalue weighted by Gasteiger charge is 2.21. The summed E-state index contributed by atoms with van der Waals surface area (Å²) in [6, 6.07) is 7.11. The molecule has 0 bridgehead atoms. The first-order chi connectivity index (χ1) is 10.1. The van der Waals surface area contributed by atoms with Crippen molar-refractivity contribution in [1.29, 1.82) is 0 Å². The van der Waals surface area contributed by atoms with Crippen LogP contribution >= 0.6 is 15.9 Å². The largest absolute Gasteiger partial charge is 0.378 e. The summed E-state index contributed by atoms with van der Waals surface area (Å²) in [4.78, 5) is 2.50. The SMILES string of the molecule is CCOC1CCN(c2cc(Br)ccc2CNC(C)C)CC1. The third-order valence-corrected chi connectivity index (χ3v) is 4.43. The Labute approximate surface area is 137 Å². The van der Waals surface area contributed by atoms with Gasteiger partial charge in [0.15, 0.2) is 0 Å². The van der Waals surface area contributed by atoms with Gasteiger partial charge in [-0.25, -0.2) is 0 Å². The standard InChI is InChI=1S/C17H27BrN2O/c1-4-21-16-7-9-20(10-8-16)17-11-15(18)6-5-14(17)12-19-13(2)3/h5-6,11,13,16,19H,4,7-10,12H2,1-3H3. The van der Waals surface area contributed by atoms with E-state index in [9.17, 15) is 0 Å². The molecule has 21 heavy (non-hydrogen) atoms. The van der Waals surface area contributed by atoms with Crippen molar-refractivity contribution in [3.63, 3.8) is 0 Å². The second-order valence-electron chi connectivity index (χ2n) is 5.95. The van der Waals surface area contributed by atoms with E-state index in [0.717, 1.165) is 43.6 Å². The molecule has 0 atom stereocenters. The molecule has 1 aliphatic heterocycles. The lowest BCUT2D eigenvalue weighted by Gasteiger charge is -2.35. The summed E-state index contributed by atoms with van der Waals surface area (Å²) < 4.78 is 6.90. The van der Waals surface area contributed by atoms with Crippen molar-refractivity contribution in [2.75, 3.05) is 24.6 Å². The Kier molecular flexibility index (Phi) is 6.52. The number of benzene rings is 1. The highest BCUT2D eigenvalue weighted by Crippen LogP contribution is 2.28. The molecule has 118 valence electrons. The molecule has 1 N–H and O–H groups in total. The van der Waals surface area contributed by atoms with E-state index in [4.69, 9.17) is 4.74 Å². The van der Waals surface area contributed by atoms with Gasteiger partial charge in [-0.15, -0.1) is 0 Å². The average molecular weight is 355 g/mol. The van der Waals surface area contributed by atoms with E-state index in [-0.39, 0.29) is 0 Å². The molecule has 0 unspecified atom stereocenters. The number of rotatable bonds is 6. The molecule has 1 saturated heterocycles. The van der Waals surface area contributed by atoms with Crippen LogP contribution in [0, 0.1) is 0 Å². The predicted molar refractivity (Wildman–Crippen MR) is 93.0 cm³/mol. The second kappa shape index (κ2) is 8.16. The number of anilines is 1. The van der Waals surface area contributed by atoms with Crippen molar-refractivity contribution < 1.29 is 4.74 Å². The highest BCUT2D eigenvalue weighted by molar-refractivity contribution is 9.10. The molecule has 1 fully saturated rings. The minimum atomic E-state index is 0.440. The van der Waals surface area contributed by atoms with Crippen molar-refractivity contribution in [2.24, 2.45) is 0 Å². The van der Waals surface area contributed by atoms with Crippen molar-refractivity contribution >= 4 is 21.6 Å². The van der Waals surface area contributed by atoms with Crippen LogP contribution in [0.5, 0.6) is 0 Å². The van der Waals surface area contributed by atoms with Gasteiger partial charge in [0.1, 0.15) is 0 Å². The fourth-order valence-electron chi connectivity index (χ4n) is 2.79. The Morgan fingerprint density at radius 3 is 2.67 bits per heavy atom. The molecular formula is C17H27BrN2O. The third-order valence-electron chi connectivity index (χ3n) is 3.93. The van der Waals surface area contributed by atoms with Crippen LogP contribution in [-0.2, 0) is 11.3 Å². The van der Waals surface area contributed by atoms with Crippen LogP contribution in [0.25, 0.3) is 0 Å². The lowest BCUT2D eigenvalue weighted by atomic mass is 10.0. The van der Waals surface area contributed by atoms with E-state index in [1.807, 2.05) is 0 Å². The molecule has 0 radical (unpaired) electrons. The summed E-state index contributed by atoms with van der Waals surface area (Å²) >= 11 is 3.61. The van der Waals surface area contributed by atoms with Crippen LogP contribution in [0.1, 0.15) is 39.2 Å². The molecule has 0 spiro atoms. The van der Waals surface area contributed by atoms with Crippen LogP contribution in [0.4, 0.5) is 5.69 Å². The first kappa shape index (κ1) is 16.8. The average Bonchev–Trinajstić information content (AvgIpc) is 2.47. The Morgan fingerprint density at radius 1 is 1.33 bits per heavy atom. The lowest BCUT2D eigenvalue weighted by Crippen LogP contribution is -2.38. The predicted octanol–water partition coefficient (Wildman–Crippen LogP) is 3.95. The van der Waals surface area contributed by atoms with Gasteiger partial charge in [-0.05, 0) is 37.5 Å². The molecule has 0 saturated carbocycles. The molecular weight excluding hydrogens is 328 g/mol. The van der Waals surface area contributed by atoms with E-state index >= 15 is 0 Å². The Morgan fingerprint density at radius 2 is 2.05 bits per heavy atom. The molecule has 4 heteroatoms. The van der Waals surface area contributed by atoms with E-state index in [1.165, 1.54) is 11.3 Å². The fraction of sp³-hybridized carbons (Fsp3) is 0.647. The molecule has 0 aliphatic carbocycles. The van der Waals surface area contributed by atoms with Crippen LogP contribution in [0.3, 0.4) is 0 Å². The molecule has 1 heterocycles. The Bertz CT molecular complexity index is 442. The molecule has 3 nitrogen and oxygen atoms in total. The monoisotopic (exact) mass is 354 g/mol. The first-order valence-corrected chi connectivity index (χ1v) is 8.77. The summed E-state index contributed by atoms with van der Waals surface area (Å²) in [5.41, 5.74) is 2.73. The number of ether oxygens (including phenoxy) is 1. The molecule has 1 aromatic rings. The minimum Gasteiger partial charge on any atom is -0.378 e. The molecule has 0 amide bonds. The Balaban J connectivity index is 2.06. The van der Waals surface area contributed by atoms with Gasteiger partial charge in [0.25, 0.3) is 0 Å². The van der Waals surface area contributed by atoms with Gasteiger partial charge in [-0.3, -0.25) is 0 Å². The molecule has 2 rings (SSSR count). The minimum absolute atomic E-state index is 0.440. The number of nitrogens with one attached hydrogen (secondary N) is 1. The molecule has 1 aliphatic rings. The van der Waals surface area contributed by atoms with Crippen LogP contribution in [-0.4, -0.2) is 31.8 Å². The van der Waals surface area contributed by atoms with Gasteiger partial charge in [-0.2, -0.15) is 0 Å². The van der Waals surface area contributed by atoms with Gasteiger partial charge in [0.05, 0.1) is 6.10 Å². The zero-order chi connectivity index (χ0) is 15.2. The molecule has 0 aromatic heterocycles. The van der Waals surface area contributed by atoms with Crippen molar-refractivity contribution in [3.8, 4) is 0 Å². The van der Waals surface area contributed by atoms with Gasteiger partial charge in [0.2, 0.25) is 0 Å². The summed E-state index contributed by atoms with van der Waals surface area (Å²) in [5, 5.41) is 3.52. The maximum absolute atomic E-state index is 5.75. The maximum Gasteiger partial charge on any atom is 0.0608 e. The number of piperidine rings is 1. The van der Waals surface area contributed by atoms with Crippen LogP contribution < -0.4 is 10.2 Å². The summed E-state index contributed by atoms with van der Waals surface area (Å²) in [7, 11) is 0. The fourth-order valence-corrected chi connectivity index (χ4v) is 3.14. The van der Waals surface area contributed by atoms with Crippen molar-refractivity contribution in [1.82, 2.24) is 5.32 Å². The highest BCUT2D eigenvalue weighted by atomic mass is 79.9. The van der Waals surface area contributed by atoms with Gasteiger partial charge < -0.3 is 15.0 Å². The second-order valence-corrected chi connectivity index (χ2v) is 6.87. The number of hydrogen-bond donors (Lipinski definition) is 1. The van der Waals surface area contributed by atoms with E-state index in [1.54, 1.807) is 0 Å². The number of halogens is 1. The van der Waals surface area contributed by atoms with Crippen LogP contribution in [0.15, 0.2) is 22.7 Å². The van der Waals surface area contributed by atoms with Crippen molar-refractivity contribution in [2.45, 2.75) is 52.3 Å². The van der Waals surface area contributed by atoms with Gasteiger partial charge in [0, 0.05) is 42.4 Å². The lowest BCUT2D eigenvalue weighted by molar-refractivity contribution is 0.0459. The summed E-state index contributed by atoms with van der Waals surface area (Å²) in [6.07, 6.45) is 2.69. The zero-order valence-corrected chi connectivity index (χ0v) is 14.9. The summed E-state index contributed by atoms with van der Waals surface area (Å²) in [6.45, 7) is 10.4. The topological polar surface area (TPSA) is 24.5 Å². The molecule has 1 aromatic carbocycles. The van der Waals surface area contributed by atoms with Crippen LogP contribution in [0.2, 0.25) is 0 Å².